The highest BCUT2D eigenvalue weighted by Gasteiger charge is 2.40. The van der Waals surface area contributed by atoms with Crippen molar-refractivity contribution in [3.63, 3.8) is 0 Å². The number of benzene rings is 2. The van der Waals surface area contributed by atoms with Crippen LogP contribution in [0.1, 0.15) is 47.0 Å². The van der Waals surface area contributed by atoms with E-state index in [0.29, 0.717) is 29.6 Å². The molecule has 1 atom stereocenters. The third-order valence-corrected chi connectivity index (χ3v) is 7.70. The molecular weight excluding hydrogens is 386 g/mol. The molecule has 6 nitrogen and oxygen atoms in total. The van der Waals surface area contributed by atoms with Gasteiger partial charge in [-0.1, -0.05) is 47.1 Å². The lowest BCUT2D eigenvalue weighted by molar-refractivity contribution is 0.290. The second-order valence-electron chi connectivity index (χ2n) is 7.77. The van der Waals surface area contributed by atoms with E-state index in [1.807, 2.05) is 64.1 Å². The Bertz CT molecular complexity index is 1140. The smallest absolute Gasteiger partial charge is 0.245 e. The Morgan fingerprint density at radius 3 is 2.41 bits per heavy atom. The molecule has 0 N–H and O–H groups in total. The summed E-state index contributed by atoms with van der Waals surface area (Å²) in [6, 6.07) is 11.2. The quantitative estimate of drug-likeness (QED) is 0.632. The molecule has 1 saturated heterocycles. The van der Waals surface area contributed by atoms with Crippen molar-refractivity contribution in [1.82, 2.24) is 14.4 Å². The van der Waals surface area contributed by atoms with Gasteiger partial charge in [0.25, 0.3) is 0 Å². The zero-order valence-corrected chi connectivity index (χ0v) is 18.0. The number of nitrogens with zero attached hydrogens (tertiary/aromatic N) is 3. The average Bonchev–Trinajstić information content (AvgIpc) is 3.30. The van der Waals surface area contributed by atoms with Crippen LogP contribution < -0.4 is 0 Å². The minimum absolute atomic E-state index is 0.353. The number of hydrogen-bond donors (Lipinski definition) is 0. The van der Waals surface area contributed by atoms with Crippen LogP contribution in [-0.2, 0) is 10.0 Å². The number of hydrogen-bond acceptors (Lipinski definition) is 5. The second-order valence-corrected chi connectivity index (χ2v) is 9.60. The first-order chi connectivity index (χ1) is 13.8. The average molecular weight is 412 g/mol. The van der Waals surface area contributed by atoms with Crippen molar-refractivity contribution in [2.45, 2.75) is 51.5 Å². The number of aromatic nitrogens is 2. The van der Waals surface area contributed by atoms with E-state index in [4.69, 9.17) is 4.52 Å². The van der Waals surface area contributed by atoms with Crippen LogP contribution >= 0.6 is 0 Å². The summed E-state index contributed by atoms with van der Waals surface area (Å²) in [5, 5.41) is 4.12. The fourth-order valence-corrected chi connectivity index (χ4v) is 6.34. The Balaban J connectivity index is 1.71. The lowest BCUT2D eigenvalue weighted by Crippen LogP contribution is -2.32. The minimum atomic E-state index is -3.67. The van der Waals surface area contributed by atoms with Crippen LogP contribution in [0.15, 0.2) is 45.8 Å². The third-order valence-electron chi connectivity index (χ3n) is 5.49. The van der Waals surface area contributed by atoms with Crippen LogP contribution in [0.4, 0.5) is 0 Å². The molecule has 7 heteroatoms. The van der Waals surface area contributed by atoms with Crippen molar-refractivity contribution in [1.29, 1.82) is 0 Å². The Morgan fingerprint density at radius 1 is 1.03 bits per heavy atom. The molecule has 1 aromatic heterocycles. The Morgan fingerprint density at radius 2 is 1.72 bits per heavy atom. The molecule has 0 saturated carbocycles. The molecule has 0 amide bonds. The van der Waals surface area contributed by atoms with Crippen LogP contribution in [0.25, 0.3) is 11.4 Å². The Labute approximate surface area is 171 Å². The largest absolute Gasteiger partial charge is 0.337 e. The van der Waals surface area contributed by atoms with Crippen LogP contribution in [0.3, 0.4) is 0 Å². The van der Waals surface area contributed by atoms with E-state index < -0.39 is 16.1 Å². The van der Waals surface area contributed by atoms with E-state index in [0.717, 1.165) is 34.2 Å². The Kier molecular flexibility index (Phi) is 5.04. The molecule has 1 aliphatic heterocycles. The van der Waals surface area contributed by atoms with Gasteiger partial charge in [0, 0.05) is 12.1 Å². The fraction of sp³-hybridized carbons (Fsp3) is 0.364. The van der Waals surface area contributed by atoms with E-state index in [9.17, 15) is 8.42 Å². The van der Waals surface area contributed by atoms with Gasteiger partial charge in [-0.2, -0.15) is 9.29 Å². The summed E-state index contributed by atoms with van der Waals surface area (Å²) in [6.45, 7) is 8.10. The SMILES string of the molecule is Cc1cc(C)c(S(=O)(=O)N2CCC[C@H]2c2nc(-c3ccccc3C)no2)c(C)c1. The predicted molar refractivity (Wildman–Crippen MR) is 111 cm³/mol. The minimum Gasteiger partial charge on any atom is -0.337 e. The van der Waals surface area contributed by atoms with Crippen molar-refractivity contribution in [2.24, 2.45) is 0 Å². The molecule has 0 aliphatic carbocycles. The van der Waals surface area contributed by atoms with Crippen molar-refractivity contribution >= 4 is 10.0 Å². The van der Waals surface area contributed by atoms with Crippen LogP contribution in [0.5, 0.6) is 0 Å². The molecule has 0 unspecified atom stereocenters. The molecule has 0 radical (unpaired) electrons. The number of aryl methyl sites for hydroxylation is 4. The highest BCUT2D eigenvalue weighted by Crippen LogP contribution is 2.38. The van der Waals surface area contributed by atoms with E-state index >= 15 is 0 Å². The molecule has 0 spiro atoms. The van der Waals surface area contributed by atoms with Crippen LogP contribution in [-0.4, -0.2) is 29.4 Å². The summed E-state index contributed by atoms with van der Waals surface area (Å²) in [7, 11) is -3.67. The maximum Gasteiger partial charge on any atom is 0.245 e. The van der Waals surface area contributed by atoms with Gasteiger partial charge in [0.15, 0.2) is 0 Å². The van der Waals surface area contributed by atoms with Gasteiger partial charge < -0.3 is 4.52 Å². The van der Waals surface area contributed by atoms with Crippen LogP contribution in [0.2, 0.25) is 0 Å². The topological polar surface area (TPSA) is 76.3 Å². The standard InChI is InChI=1S/C22H25N3O3S/c1-14-12-16(3)20(17(4)13-14)29(26,27)25-11-7-10-19(25)22-23-21(24-28-22)18-9-6-5-8-15(18)2/h5-6,8-9,12-13,19H,7,10-11H2,1-4H3/t19-/m0/s1. The van der Waals surface area contributed by atoms with Gasteiger partial charge in [-0.25, -0.2) is 8.42 Å². The zero-order valence-electron chi connectivity index (χ0n) is 17.1. The van der Waals surface area contributed by atoms with Crippen molar-refractivity contribution < 1.29 is 12.9 Å². The first kappa shape index (κ1) is 19.8. The number of rotatable bonds is 4. The maximum atomic E-state index is 13.5. The fourth-order valence-electron chi connectivity index (χ4n) is 4.27. The molecule has 3 aromatic rings. The molecule has 1 aliphatic rings. The lowest BCUT2D eigenvalue weighted by Gasteiger charge is -2.23. The number of sulfonamides is 1. The first-order valence-electron chi connectivity index (χ1n) is 9.78. The molecule has 0 bridgehead atoms. The lowest BCUT2D eigenvalue weighted by atomic mass is 10.1. The van der Waals surface area contributed by atoms with Crippen molar-refractivity contribution in [3.05, 3.63) is 64.5 Å². The molecule has 2 aromatic carbocycles. The maximum absolute atomic E-state index is 13.5. The zero-order chi connectivity index (χ0) is 20.8. The van der Waals surface area contributed by atoms with Gasteiger partial charge in [-0.05, 0) is 57.2 Å². The van der Waals surface area contributed by atoms with Crippen molar-refractivity contribution in [2.75, 3.05) is 6.54 Å². The second kappa shape index (κ2) is 7.39. The Hall–Kier alpha value is -2.51. The molecular formula is C22H25N3O3S. The van der Waals surface area contributed by atoms with E-state index in [2.05, 4.69) is 10.1 Å². The van der Waals surface area contributed by atoms with Gasteiger partial charge in [0.2, 0.25) is 21.7 Å². The van der Waals surface area contributed by atoms with E-state index in [1.54, 1.807) is 0 Å². The highest BCUT2D eigenvalue weighted by atomic mass is 32.2. The highest BCUT2D eigenvalue weighted by molar-refractivity contribution is 7.89. The molecule has 152 valence electrons. The third kappa shape index (κ3) is 3.49. The van der Waals surface area contributed by atoms with Crippen LogP contribution in [0, 0.1) is 27.7 Å². The summed E-state index contributed by atoms with van der Waals surface area (Å²) in [5.41, 5.74) is 4.51. The first-order valence-corrected chi connectivity index (χ1v) is 11.2. The van der Waals surface area contributed by atoms with E-state index in [1.165, 1.54) is 4.31 Å². The molecule has 4 rings (SSSR count). The van der Waals surface area contributed by atoms with E-state index in [-0.39, 0.29) is 0 Å². The van der Waals surface area contributed by atoms with Crippen molar-refractivity contribution in [3.8, 4) is 11.4 Å². The molecule has 29 heavy (non-hydrogen) atoms. The summed E-state index contributed by atoms with van der Waals surface area (Å²) in [4.78, 5) is 4.94. The molecule has 1 fully saturated rings. The van der Waals surface area contributed by atoms with Gasteiger partial charge in [0.05, 0.1) is 4.90 Å². The normalized spacial score (nSPS) is 17.7. The summed E-state index contributed by atoms with van der Waals surface area (Å²) >= 11 is 0. The summed E-state index contributed by atoms with van der Waals surface area (Å²) in [6.07, 6.45) is 1.43. The summed E-state index contributed by atoms with van der Waals surface area (Å²) < 4.78 is 34.1. The summed E-state index contributed by atoms with van der Waals surface area (Å²) in [5.74, 6) is 0.844. The van der Waals surface area contributed by atoms with Gasteiger partial charge in [-0.3, -0.25) is 0 Å². The predicted octanol–water partition coefficient (Wildman–Crippen LogP) is 4.50. The molecule has 2 heterocycles. The monoisotopic (exact) mass is 411 g/mol. The van der Waals surface area contributed by atoms with Gasteiger partial charge in [0.1, 0.15) is 6.04 Å². The van der Waals surface area contributed by atoms with Gasteiger partial charge in [-0.15, -0.1) is 0 Å². The van der Waals surface area contributed by atoms with Gasteiger partial charge >= 0.3 is 0 Å².